The Morgan fingerprint density at radius 2 is 1.82 bits per heavy atom. The zero-order chi connectivity index (χ0) is 24.0. The Labute approximate surface area is 210 Å². The predicted molar refractivity (Wildman–Crippen MR) is 131 cm³/mol. The van der Waals surface area contributed by atoms with E-state index in [0.29, 0.717) is 30.2 Å². The Hall–Kier alpha value is -2.48. The highest BCUT2D eigenvalue weighted by Gasteiger charge is 2.37. The molecule has 34 heavy (non-hydrogen) atoms. The maximum atomic E-state index is 14.9. The third-order valence-corrected chi connectivity index (χ3v) is 7.10. The van der Waals surface area contributed by atoms with E-state index in [0.717, 1.165) is 24.5 Å². The standard InChI is InChI=1S/C24H21Cl3FN3O3/c1-24(12-19(29-34-24)14-6-2-3-7-16(14)25)13-33-20-10-15(18(28)11-17(20)26)21-22(27)30-8-4-5-9-31(30)23(21)32/h2-3,6-7,10-11H,4-5,8-9,12-13H2,1H3. The third kappa shape index (κ3) is 4.10. The minimum Gasteiger partial charge on any atom is -0.488 e. The SMILES string of the molecule is CC1(COc2cc(-c3c(Cl)n4n(c3=O)CCCC4)c(F)cc2Cl)CC(c2ccccc2Cl)=NO1. The smallest absolute Gasteiger partial charge is 0.276 e. The zero-order valence-electron chi connectivity index (χ0n) is 18.3. The second kappa shape index (κ2) is 8.95. The molecule has 3 aromatic rings. The van der Waals surface area contributed by atoms with Gasteiger partial charge in [-0.2, -0.15) is 0 Å². The summed E-state index contributed by atoms with van der Waals surface area (Å²) in [5.41, 5.74) is 0.550. The molecule has 6 nitrogen and oxygen atoms in total. The number of oxime groups is 1. The van der Waals surface area contributed by atoms with Gasteiger partial charge in [-0.05, 0) is 38.0 Å². The van der Waals surface area contributed by atoms with E-state index in [9.17, 15) is 9.18 Å². The summed E-state index contributed by atoms with van der Waals surface area (Å²) < 4.78 is 24.1. The van der Waals surface area contributed by atoms with Gasteiger partial charge in [-0.15, -0.1) is 0 Å². The van der Waals surface area contributed by atoms with Crippen LogP contribution >= 0.6 is 34.8 Å². The highest BCUT2D eigenvalue weighted by atomic mass is 35.5. The van der Waals surface area contributed by atoms with Gasteiger partial charge < -0.3 is 9.57 Å². The van der Waals surface area contributed by atoms with Gasteiger partial charge in [0.05, 0.1) is 16.3 Å². The topological polar surface area (TPSA) is 57.8 Å². The number of rotatable bonds is 5. The van der Waals surface area contributed by atoms with Crippen molar-refractivity contribution in [2.45, 2.75) is 44.9 Å². The van der Waals surface area contributed by atoms with Crippen LogP contribution in [0.4, 0.5) is 4.39 Å². The molecule has 0 bridgehead atoms. The first-order valence-electron chi connectivity index (χ1n) is 10.9. The summed E-state index contributed by atoms with van der Waals surface area (Å²) in [6.45, 7) is 3.09. The molecule has 178 valence electrons. The minimum atomic E-state index is -0.779. The van der Waals surface area contributed by atoms with E-state index in [1.807, 2.05) is 25.1 Å². The molecule has 1 atom stereocenters. The number of halogens is 4. The lowest BCUT2D eigenvalue weighted by Gasteiger charge is -2.22. The van der Waals surface area contributed by atoms with Crippen molar-refractivity contribution < 1.29 is 14.0 Å². The van der Waals surface area contributed by atoms with Gasteiger partial charge in [-0.3, -0.25) is 9.48 Å². The van der Waals surface area contributed by atoms with Crippen LogP contribution in [0.3, 0.4) is 0 Å². The number of hydrogen-bond donors (Lipinski definition) is 0. The van der Waals surface area contributed by atoms with Crippen LogP contribution in [0.5, 0.6) is 5.75 Å². The maximum absolute atomic E-state index is 14.9. The van der Waals surface area contributed by atoms with Crippen LogP contribution in [-0.4, -0.2) is 27.3 Å². The lowest BCUT2D eigenvalue weighted by atomic mass is 9.96. The van der Waals surface area contributed by atoms with E-state index in [1.165, 1.54) is 6.07 Å². The molecule has 0 aliphatic carbocycles. The molecule has 3 heterocycles. The van der Waals surface area contributed by atoms with Gasteiger partial charge in [0.15, 0.2) is 5.60 Å². The van der Waals surface area contributed by atoms with Gasteiger partial charge in [0.2, 0.25) is 0 Å². The molecule has 0 radical (unpaired) electrons. The number of aromatic nitrogens is 2. The summed E-state index contributed by atoms with van der Waals surface area (Å²) in [6.07, 6.45) is 2.23. The molecular formula is C24H21Cl3FN3O3. The van der Waals surface area contributed by atoms with Crippen molar-refractivity contribution in [3.05, 3.63) is 73.3 Å². The monoisotopic (exact) mass is 523 g/mol. The van der Waals surface area contributed by atoms with Crippen LogP contribution < -0.4 is 10.3 Å². The highest BCUT2D eigenvalue weighted by molar-refractivity contribution is 6.34. The van der Waals surface area contributed by atoms with Gasteiger partial charge in [0.1, 0.15) is 23.3 Å². The Balaban J connectivity index is 1.39. The van der Waals surface area contributed by atoms with Gasteiger partial charge in [0.25, 0.3) is 5.56 Å². The second-order valence-electron chi connectivity index (χ2n) is 8.71. The van der Waals surface area contributed by atoms with Crippen molar-refractivity contribution in [3.63, 3.8) is 0 Å². The summed E-state index contributed by atoms with van der Waals surface area (Å²) in [5.74, 6) is -0.425. The fourth-order valence-electron chi connectivity index (χ4n) is 4.32. The zero-order valence-corrected chi connectivity index (χ0v) is 20.6. The number of fused-ring (bicyclic) bond motifs is 1. The van der Waals surface area contributed by atoms with Crippen molar-refractivity contribution in [3.8, 4) is 16.9 Å². The number of ether oxygens (including phenoxy) is 1. The predicted octanol–water partition coefficient (Wildman–Crippen LogP) is 6.17. The first-order chi connectivity index (χ1) is 16.3. The Kier molecular flexibility index (Phi) is 6.12. The van der Waals surface area contributed by atoms with E-state index in [-0.39, 0.29) is 39.2 Å². The van der Waals surface area contributed by atoms with E-state index < -0.39 is 11.4 Å². The Morgan fingerprint density at radius 3 is 2.56 bits per heavy atom. The molecule has 1 unspecified atom stereocenters. The number of benzene rings is 2. The van der Waals surface area contributed by atoms with Crippen molar-refractivity contribution >= 4 is 40.5 Å². The quantitative estimate of drug-likeness (QED) is 0.401. The van der Waals surface area contributed by atoms with Crippen LogP contribution in [0.25, 0.3) is 11.1 Å². The van der Waals surface area contributed by atoms with Gasteiger partial charge >= 0.3 is 0 Å². The first-order valence-corrected chi connectivity index (χ1v) is 12.0. The molecule has 10 heteroatoms. The molecule has 0 saturated heterocycles. The largest absolute Gasteiger partial charge is 0.488 e. The summed E-state index contributed by atoms with van der Waals surface area (Å²) >= 11 is 19.0. The lowest BCUT2D eigenvalue weighted by molar-refractivity contribution is -0.0356. The molecule has 0 spiro atoms. The minimum absolute atomic E-state index is 0.0503. The normalized spacial score (nSPS) is 19.5. The molecule has 2 aliphatic heterocycles. The fraction of sp³-hybridized carbons (Fsp3) is 0.333. The molecule has 0 fully saturated rings. The van der Waals surface area contributed by atoms with Crippen LogP contribution in [0.15, 0.2) is 46.3 Å². The Bertz CT molecular complexity index is 1370. The van der Waals surface area contributed by atoms with Crippen LogP contribution in [-0.2, 0) is 17.9 Å². The molecule has 1 aromatic heterocycles. The number of hydrogen-bond acceptors (Lipinski definition) is 4. The Morgan fingerprint density at radius 1 is 1.09 bits per heavy atom. The summed E-state index contributed by atoms with van der Waals surface area (Å²) in [7, 11) is 0. The van der Waals surface area contributed by atoms with Crippen molar-refractivity contribution in [1.82, 2.24) is 9.36 Å². The highest BCUT2D eigenvalue weighted by Crippen LogP contribution is 2.37. The summed E-state index contributed by atoms with van der Waals surface area (Å²) in [4.78, 5) is 18.6. The van der Waals surface area contributed by atoms with E-state index in [4.69, 9.17) is 44.4 Å². The average Bonchev–Trinajstić information content (AvgIpc) is 3.32. The third-order valence-electron chi connectivity index (χ3n) is 6.09. The van der Waals surface area contributed by atoms with Crippen LogP contribution in [0.1, 0.15) is 31.7 Å². The summed E-state index contributed by atoms with van der Waals surface area (Å²) in [5, 5.41) is 5.06. The molecule has 2 aromatic carbocycles. The molecule has 2 aliphatic rings. The van der Waals surface area contributed by atoms with Crippen LogP contribution in [0.2, 0.25) is 15.2 Å². The molecule has 0 amide bonds. The van der Waals surface area contributed by atoms with Crippen molar-refractivity contribution in [2.24, 2.45) is 5.16 Å². The fourth-order valence-corrected chi connectivity index (χ4v) is 5.12. The van der Waals surface area contributed by atoms with Gasteiger partial charge in [-0.25, -0.2) is 9.07 Å². The summed E-state index contributed by atoms with van der Waals surface area (Å²) in [6, 6.07) is 9.94. The molecule has 0 saturated carbocycles. The van der Waals surface area contributed by atoms with E-state index in [2.05, 4.69) is 5.16 Å². The average molecular weight is 525 g/mol. The van der Waals surface area contributed by atoms with Crippen molar-refractivity contribution in [2.75, 3.05) is 6.61 Å². The lowest BCUT2D eigenvalue weighted by Crippen LogP contribution is -2.33. The molecule has 0 N–H and O–H groups in total. The molecular weight excluding hydrogens is 504 g/mol. The van der Waals surface area contributed by atoms with E-state index in [1.54, 1.807) is 15.4 Å². The maximum Gasteiger partial charge on any atom is 0.276 e. The van der Waals surface area contributed by atoms with E-state index >= 15 is 0 Å². The second-order valence-corrected chi connectivity index (χ2v) is 9.88. The van der Waals surface area contributed by atoms with Gasteiger partial charge in [0, 0.05) is 35.7 Å². The van der Waals surface area contributed by atoms with Crippen LogP contribution in [0, 0.1) is 5.82 Å². The van der Waals surface area contributed by atoms with Crippen molar-refractivity contribution in [1.29, 1.82) is 0 Å². The first kappa shape index (κ1) is 23.3. The number of nitrogens with zero attached hydrogens (tertiary/aromatic N) is 3. The van der Waals surface area contributed by atoms with Gasteiger partial charge in [-0.1, -0.05) is 58.2 Å². The molecule has 5 rings (SSSR count).